The summed E-state index contributed by atoms with van der Waals surface area (Å²) < 4.78 is 4.06. The van der Waals surface area contributed by atoms with Crippen molar-refractivity contribution >= 4 is 11.6 Å². The number of aryl methyl sites for hydroxylation is 2. The topological polar surface area (TPSA) is 34.8 Å². The molecule has 0 amide bonds. The summed E-state index contributed by atoms with van der Waals surface area (Å²) in [5, 5.41) is 8.28. The van der Waals surface area contributed by atoms with Gasteiger partial charge in [0, 0.05) is 25.5 Å². The van der Waals surface area contributed by atoms with Gasteiger partial charge in [-0.25, -0.2) is 0 Å². The van der Waals surface area contributed by atoms with Crippen LogP contribution in [-0.4, -0.2) is 21.4 Å². The van der Waals surface area contributed by atoms with Gasteiger partial charge >= 0.3 is 0 Å². The summed E-state index contributed by atoms with van der Waals surface area (Å²) in [5.74, 6) is 0. The quantitative estimate of drug-likeness (QED) is 0.921. The van der Waals surface area contributed by atoms with E-state index in [2.05, 4.69) is 34.2 Å². The van der Waals surface area contributed by atoms with Crippen LogP contribution in [0.15, 0.2) is 12.3 Å². The van der Waals surface area contributed by atoms with Gasteiger partial charge in [-0.15, -0.1) is 0 Å². The maximum absolute atomic E-state index is 6.28. The fourth-order valence-electron chi connectivity index (χ4n) is 2.16. The van der Waals surface area contributed by atoms with Crippen LogP contribution in [0.1, 0.15) is 22.6 Å². The lowest BCUT2D eigenvalue weighted by Crippen LogP contribution is -2.09. The van der Waals surface area contributed by atoms with Crippen LogP contribution in [0.5, 0.6) is 0 Å². The normalized spacial score (nSPS) is 11.2. The van der Waals surface area contributed by atoms with Crippen molar-refractivity contribution in [2.24, 2.45) is 7.05 Å². The molecule has 0 aliphatic rings. The lowest BCUT2D eigenvalue weighted by molar-refractivity contribution is 0.654. The van der Waals surface area contributed by atoms with Crippen LogP contribution >= 0.6 is 11.6 Å². The summed E-state index contributed by atoms with van der Waals surface area (Å²) in [6.45, 7) is 5.70. The second-order valence-electron chi connectivity index (χ2n) is 4.55. The Balaban J connectivity index is 2.29. The molecule has 2 rings (SSSR count). The minimum Gasteiger partial charge on any atom is -0.345 e. The zero-order valence-corrected chi connectivity index (χ0v) is 12.0. The maximum atomic E-state index is 6.28. The van der Waals surface area contributed by atoms with E-state index in [0.29, 0.717) is 0 Å². The van der Waals surface area contributed by atoms with Gasteiger partial charge < -0.3 is 9.88 Å². The van der Waals surface area contributed by atoms with E-state index >= 15 is 0 Å². The number of hydrogen-bond donors (Lipinski definition) is 1. The van der Waals surface area contributed by atoms with E-state index in [4.69, 9.17) is 11.6 Å². The Morgan fingerprint density at radius 2 is 2.11 bits per heavy atom. The van der Waals surface area contributed by atoms with Gasteiger partial charge in [0.25, 0.3) is 0 Å². The summed E-state index contributed by atoms with van der Waals surface area (Å²) in [5.41, 5.74) is 4.50. The van der Waals surface area contributed by atoms with Crippen molar-refractivity contribution in [3.63, 3.8) is 0 Å². The molecule has 0 spiro atoms. The van der Waals surface area contributed by atoms with Gasteiger partial charge in [0.05, 0.1) is 23.0 Å². The van der Waals surface area contributed by atoms with E-state index in [-0.39, 0.29) is 0 Å². The van der Waals surface area contributed by atoms with E-state index in [9.17, 15) is 0 Å². The number of nitrogens with one attached hydrogen (secondary N) is 1. The Hall–Kier alpha value is -1.26. The minimum absolute atomic E-state index is 0.756. The van der Waals surface area contributed by atoms with Crippen molar-refractivity contribution in [1.29, 1.82) is 0 Å². The smallest absolute Gasteiger partial charge is 0.0865 e. The summed E-state index contributed by atoms with van der Waals surface area (Å²) >= 11 is 6.28. The number of halogens is 1. The van der Waals surface area contributed by atoms with Crippen molar-refractivity contribution in [2.45, 2.75) is 26.9 Å². The molecule has 0 aliphatic heterocycles. The molecule has 4 nitrogen and oxygen atoms in total. The van der Waals surface area contributed by atoms with Crippen LogP contribution in [0.25, 0.3) is 0 Å². The number of rotatable bonds is 4. The van der Waals surface area contributed by atoms with Crippen LogP contribution in [0.2, 0.25) is 5.02 Å². The van der Waals surface area contributed by atoms with Crippen LogP contribution in [0, 0.1) is 13.8 Å². The summed E-state index contributed by atoms with van der Waals surface area (Å²) in [6.07, 6.45) is 2.10. The fourth-order valence-corrected chi connectivity index (χ4v) is 2.38. The van der Waals surface area contributed by atoms with Crippen LogP contribution in [0.3, 0.4) is 0 Å². The van der Waals surface area contributed by atoms with Crippen molar-refractivity contribution in [1.82, 2.24) is 19.7 Å². The molecule has 0 fully saturated rings. The lowest BCUT2D eigenvalue weighted by atomic mass is 10.2. The minimum atomic E-state index is 0.756. The average Bonchev–Trinajstić information content (AvgIpc) is 2.78. The molecule has 2 aromatic heterocycles. The molecule has 1 N–H and O–H groups in total. The average molecular weight is 267 g/mol. The molecule has 0 radical (unpaired) electrons. The molecule has 0 saturated heterocycles. The highest BCUT2D eigenvalue weighted by Gasteiger charge is 2.13. The van der Waals surface area contributed by atoms with Gasteiger partial charge in [0.15, 0.2) is 0 Å². The molecular formula is C13H19ClN4. The van der Waals surface area contributed by atoms with E-state index in [0.717, 1.165) is 29.5 Å². The SMILES string of the molecule is CNCc1ccn(Cc2c(Cl)c(C)nn2C)c1C. The van der Waals surface area contributed by atoms with Gasteiger partial charge in [0.2, 0.25) is 0 Å². The Labute approximate surface area is 113 Å². The molecule has 5 heteroatoms. The third-order valence-corrected chi connectivity index (χ3v) is 3.79. The maximum Gasteiger partial charge on any atom is 0.0865 e. The van der Waals surface area contributed by atoms with Crippen LogP contribution in [0.4, 0.5) is 0 Å². The molecule has 0 aromatic carbocycles. The first-order valence-corrected chi connectivity index (χ1v) is 6.39. The standard InChI is InChI=1S/C13H19ClN4/c1-9-13(14)12(17(4)16-9)8-18-6-5-11(7-15-3)10(18)2/h5-6,15H,7-8H2,1-4H3. The largest absolute Gasteiger partial charge is 0.345 e. The van der Waals surface area contributed by atoms with Crippen LogP contribution < -0.4 is 5.32 Å². The third-order valence-electron chi connectivity index (χ3n) is 3.30. The van der Waals surface area contributed by atoms with Crippen molar-refractivity contribution in [2.75, 3.05) is 7.05 Å². The van der Waals surface area contributed by atoms with Gasteiger partial charge in [-0.1, -0.05) is 11.6 Å². The molecule has 0 bridgehead atoms. The number of hydrogen-bond acceptors (Lipinski definition) is 2. The summed E-state index contributed by atoms with van der Waals surface area (Å²) in [6, 6.07) is 2.14. The predicted molar refractivity (Wildman–Crippen MR) is 74.0 cm³/mol. The Morgan fingerprint density at radius 3 is 2.67 bits per heavy atom. The summed E-state index contributed by atoms with van der Waals surface area (Å²) in [7, 11) is 3.89. The third kappa shape index (κ3) is 2.31. The first-order chi connectivity index (χ1) is 8.54. The molecule has 0 unspecified atom stereocenters. The molecule has 0 aliphatic carbocycles. The zero-order chi connectivity index (χ0) is 13.3. The Bertz CT molecular complexity index is 554. The number of aromatic nitrogens is 3. The highest BCUT2D eigenvalue weighted by molar-refractivity contribution is 6.31. The monoisotopic (exact) mass is 266 g/mol. The second kappa shape index (κ2) is 5.16. The lowest BCUT2D eigenvalue weighted by Gasteiger charge is -2.08. The number of nitrogens with zero attached hydrogens (tertiary/aromatic N) is 3. The Morgan fingerprint density at radius 1 is 1.39 bits per heavy atom. The van der Waals surface area contributed by atoms with Gasteiger partial charge in [-0.2, -0.15) is 5.10 Å². The predicted octanol–water partition coefficient (Wildman–Crippen LogP) is 2.26. The second-order valence-corrected chi connectivity index (χ2v) is 4.93. The van der Waals surface area contributed by atoms with Crippen molar-refractivity contribution < 1.29 is 0 Å². The molecule has 98 valence electrons. The molecule has 18 heavy (non-hydrogen) atoms. The zero-order valence-electron chi connectivity index (χ0n) is 11.3. The fraction of sp³-hybridized carbons (Fsp3) is 0.462. The van der Waals surface area contributed by atoms with Gasteiger partial charge in [0.1, 0.15) is 0 Å². The summed E-state index contributed by atoms with van der Waals surface area (Å²) in [4.78, 5) is 0. The molecular weight excluding hydrogens is 248 g/mol. The van der Waals surface area contributed by atoms with E-state index < -0.39 is 0 Å². The molecule has 2 heterocycles. The molecule has 2 aromatic rings. The van der Waals surface area contributed by atoms with Gasteiger partial charge in [-0.3, -0.25) is 4.68 Å². The first kappa shape index (κ1) is 13.2. The van der Waals surface area contributed by atoms with Crippen molar-refractivity contribution in [3.8, 4) is 0 Å². The van der Waals surface area contributed by atoms with Gasteiger partial charge in [-0.05, 0) is 32.5 Å². The molecule has 0 atom stereocenters. The van der Waals surface area contributed by atoms with Crippen molar-refractivity contribution in [3.05, 3.63) is 39.9 Å². The Kier molecular flexibility index (Phi) is 3.78. The molecule has 0 saturated carbocycles. The van der Waals surface area contributed by atoms with E-state index in [1.54, 1.807) is 0 Å². The highest BCUT2D eigenvalue weighted by atomic mass is 35.5. The van der Waals surface area contributed by atoms with E-state index in [1.807, 2.05) is 25.7 Å². The first-order valence-electron chi connectivity index (χ1n) is 6.01. The highest BCUT2D eigenvalue weighted by Crippen LogP contribution is 2.21. The van der Waals surface area contributed by atoms with E-state index in [1.165, 1.54) is 11.3 Å². The van der Waals surface area contributed by atoms with Crippen LogP contribution in [-0.2, 0) is 20.1 Å².